The highest BCUT2D eigenvalue weighted by atomic mass is 16.6. The molecule has 1 aromatic heterocycles. The Morgan fingerprint density at radius 3 is 2.41 bits per heavy atom. The smallest absolute Gasteiger partial charge is 0.407 e. The second kappa shape index (κ2) is 10.2. The van der Waals surface area contributed by atoms with Crippen LogP contribution in [0.2, 0.25) is 0 Å². The van der Waals surface area contributed by atoms with Crippen molar-refractivity contribution in [3.63, 3.8) is 0 Å². The first-order valence-electron chi connectivity index (χ1n) is 11.3. The van der Waals surface area contributed by atoms with Gasteiger partial charge in [0.15, 0.2) is 0 Å². The fraction of sp³-hybridized carbons (Fsp3) is 0.542. The Hall–Kier alpha value is -2.87. The fourth-order valence-electron chi connectivity index (χ4n) is 4.17. The molecule has 0 spiro atoms. The zero-order chi connectivity index (χ0) is 23.3. The number of nitrogens with one attached hydrogen (secondary N) is 1. The largest absolute Gasteiger partial charge is 0.444 e. The summed E-state index contributed by atoms with van der Waals surface area (Å²) in [4.78, 5) is 30.3. The minimum atomic E-state index is -0.478. The molecule has 1 aliphatic rings. The first kappa shape index (κ1) is 23.8. The normalized spacial score (nSPS) is 19.0. The van der Waals surface area contributed by atoms with Gasteiger partial charge in [-0.25, -0.2) is 9.59 Å². The second-order valence-corrected chi connectivity index (χ2v) is 9.39. The van der Waals surface area contributed by atoms with E-state index in [0.29, 0.717) is 6.04 Å². The summed E-state index contributed by atoms with van der Waals surface area (Å²) in [5.41, 5.74) is 6.67. The molecule has 0 radical (unpaired) electrons. The van der Waals surface area contributed by atoms with Gasteiger partial charge >= 0.3 is 11.8 Å². The molecule has 8 nitrogen and oxygen atoms in total. The molecule has 1 heterocycles. The lowest BCUT2D eigenvalue weighted by Gasteiger charge is -2.36. The van der Waals surface area contributed by atoms with E-state index in [1.54, 1.807) is 12.3 Å². The SMILES string of the molecule is CCN(Cc1ccc(-n2ccc(N)nc2=O)cc1)C1CCC(NC(=O)OC(C)(C)C)CC1. The molecule has 0 saturated heterocycles. The first-order chi connectivity index (χ1) is 15.1. The van der Waals surface area contributed by atoms with Crippen molar-refractivity contribution in [1.29, 1.82) is 0 Å². The molecule has 2 aromatic rings. The molecule has 0 aliphatic heterocycles. The van der Waals surface area contributed by atoms with E-state index in [1.807, 2.05) is 32.9 Å². The van der Waals surface area contributed by atoms with Gasteiger partial charge in [-0.05, 0) is 76.8 Å². The van der Waals surface area contributed by atoms with Gasteiger partial charge < -0.3 is 15.8 Å². The summed E-state index contributed by atoms with van der Waals surface area (Å²) >= 11 is 0. The van der Waals surface area contributed by atoms with Crippen molar-refractivity contribution >= 4 is 11.9 Å². The van der Waals surface area contributed by atoms with Gasteiger partial charge in [-0.15, -0.1) is 0 Å². The number of hydrogen-bond acceptors (Lipinski definition) is 6. The van der Waals surface area contributed by atoms with Gasteiger partial charge in [0, 0.05) is 24.8 Å². The van der Waals surface area contributed by atoms with E-state index in [-0.39, 0.29) is 23.6 Å². The third-order valence-electron chi connectivity index (χ3n) is 5.77. The van der Waals surface area contributed by atoms with E-state index in [9.17, 15) is 9.59 Å². The Labute approximate surface area is 189 Å². The van der Waals surface area contributed by atoms with Gasteiger partial charge in [-0.2, -0.15) is 4.98 Å². The summed E-state index contributed by atoms with van der Waals surface area (Å²) in [6.45, 7) is 9.61. The zero-order valence-electron chi connectivity index (χ0n) is 19.5. The van der Waals surface area contributed by atoms with Gasteiger partial charge in [0.2, 0.25) is 0 Å². The topological polar surface area (TPSA) is 102 Å². The molecular weight excluding hydrogens is 406 g/mol. The van der Waals surface area contributed by atoms with Gasteiger partial charge in [0.25, 0.3) is 0 Å². The molecule has 0 unspecified atom stereocenters. The summed E-state index contributed by atoms with van der Waals surface area (Å²) in [6.07, 6.45) is 5.29. The Balaban J connectivity index is 1.54. The van der Waals surface area contributed by atoms with Crippen molar-refractivity contribution in [2.75, 3.05) is 12.3 Å². The van der Waals surface area contributed by atoms with E-state index in [1.165, 1.54) is 10.1 Å². The second-order valence-electron chi connectivity index (χ2n) is 9.39. The Morgan fingerprint density at radius 1 is 1.19 bits per heavy atom. The molecule has 1 aliphatic carbocycles. The molecule has 1 aromatic carbocycles. The number of nitrogen functional groups attached to an aromatic ring is 1. The number of carbonyl (C=O) groups excluding carboxylic acids is 1. The van der Waals surface area contributed by atoms with Crippen LogP contribution >= 0.6 is 0 Å². The number of aromatic nitrogens is 2. The quantitative estimate of drug-likeness (QED) is 0.712. The van der Waals surface area contributed by atoms with Crippen LogP contribution in [0.1, 0.15) is 58.9 Å². The molecular formula is C24H35N5O3. The van der Waals surface area contributed by atoms with Crippen LogP contribution in [0.25, 0.3) is 5.69 Å². The lowest BCUT2D eigenvalue weighted by Crippen LogP contribution is -2.45. The van der Waals surface area contributed by atoms with Crippen molar-refractivity contribution in [2.24, 2.45) is 0 Å². The number of anilines is 1. The number of carbonyl (C=O) groups is 1. The van der Waals surface area contributed by atoms with E-state index < -0.39 is 5.60 Å². The van der Waals surface area contributed by atoms with Crippen LogP contribution in [0, 0.1) is 0 Å². The highest BCUT2D eigenvalue weighted by Gasteiger charge is 2.27. The highest BCUT2D eigenvalue weighted by Crippen LogP contribution is 2.25. The maximum Gasteiger partial charge on any atom is 0.407 e. The molecule has 0 bridgehead atoms. The summed E-state index contributed by atoms with van der Waals surface area (Å²) in [5.74, 6) is 0.220. The lowest BCUT2D eigenvalue weighted by atomic mass is 9.90. The number of ether oxygens (including phenoxy) is 1. The molecule has 3 rings (SSSR count). The molecule has 1 saturated carbocycles. The van der Waals surface area contributed by atoms with Gasteiger partial charge in [0.05, 0.1) is 5.69 Å². The van der Waals surface area contributed by atoms with E-state index in [2.05, 4.69) is 34.3 Å². The number of amides is 1. The molecule has 32 heavy (non-hydrogen) atoms. The van der Waals surface area contributed by atoms with Crippen molar-refractivity contribution < 1.29 is 9.53 Å². The monoisotopic (exact) mass is 441 g/mol. The lowest BCUT2D eigenvalue weighted by molar-refractivity contribution is 0.0476. The van der Waals surface area contributed by atoms with Crippen molar-refractivity contribution in [1.82, 2.24) is 19.8 Å². The third-order valence-corrected chi connectivity index (χ3v) is 5.77. The molecule has 174 valence electrons. The summed E-state index contributed by atoms with van der Waals surface area (Å²) in [7, 11) is 0. The van der Waals surface area contributed by atoms with Crippen LogP contribution < -0.4 is 16.7 Å². The van der Waals surface area contributed by atoms with Crippen molar-refractivity contribution in [2.45, 2.75) is 77.6 Å². The summed E-state index contributed by atoms with van der Waals surface area (Å²) in [6, 6.07) is 10.2. The molecule has 8 heteroatoms. The van der Waals surface area contributed by atoms with Gasteiger partial charge in [0.1, 0.15) is 11.4 Å². The van der Waals surface area contributed by atoms with Crippen molar-refractivity contribution in [3.05, 3.63) is 52.6 Å². The standard InChI is InChI=1S/C24H35N5O3/c1-5-28(19-12-8-18(9-13-19)26-23(31)32-24(2,3)4)16-17-6-10-20(11-7-17)29-15-14-21(25)27-22(29)30/h6-7,10-11,14-15,18-19H,5,8-9,12-13,16H2,1-4H3,(H,26,31)(H2,25,27,30). The van der Waals surface area contributed by atoms with Crippen LogP contribution in [-0.2, 0) is 11.3 Å². The van der Waals surface area contributed by atoms with E-state index in [4.69, 9.17) is 10.5 Å². The van der Waals surface area contributed by atoms with E-state index >= 15 is 0 Å². The zero-order valence-corrected chi connectivity index (χ0v) is 19.5. The predicted octanol–water partition coefficient (Wildman–Crippen LogP) is 3.47. The van der Waals surface area contributed by atoms with Gasteiger partial charge in [-0.3, -0.25) is 9.47 Å². The number of nitrogens with zero attached hydrogens (tertiary/aromatic N) is 3. The minimum Gasteiger partial charge on any atom is -0.444 e. The Bertz CT molecular complexity index is 957. The van der Waals surface area contributed by atoms with Crippen LogP contribution in [0.15, 0.2) is 41.3 Å². The van der Waals surface area contributed by atoms with Crippen LogP contribution in [-0.4, -0.2) is 44.8 Å². The number of alkyl carbamates (subject to hydrolysis) is 1. The maximum atomic E-state index is 12.0. The summed E-state index contributed by atoms with van der Waals surface area (Å²) < 4.78 is 6.86. The average Bonchev–Trinajstić information content (AvgIpc) is 2.72. The molecule has 1 amide bonds. The molecule has 1 fully saturated rings. The average molecular weight is 442 g/mol. The number of benzene rings is 1. The molecule has 3 N–H and O–H groups in total. The summed E-state index contributed by atoms with van der Waals surface area (Å²) in [5, 5.41) is 3.01. The first-order valence-corrected chi connectivity index (χ1v) is 11.3. The fourth-order valence-corrected chi connectivity index (χ4v) is 4.17. The minimum absolute atomic E-state index is 0.172. The van der Waals surface area contributed by atoms with Crippen LogP contribution in [0.4, 0.5) is 10.6 Å². The third kappa shape index (κ3) is 6.56. The van der Waals surface area contributed by atoms with Gasteiger partial charge in [-0.1, -0.05) is 19.1 Å². The predicted molar refractivity (Wildman–Crippen MR) is 126 cm³/mol. The van der Waals surface area contributed by atoms with Crippen LogP contribution in [0.3, 0.4) is 0 Å². The van der Waals surface area contributed by atoms with Crippen molar-refractivity contribution in [3.8, 4) is 5.69 Å². The number of nitrogens with two attached hydrogens (primary N) is 1. The Morgan fingerprint density at radius 2 is 1.84 bits per heavy atom. The Kier molecular flexibility index (Phi) is 7.56. The number of hydrogen-bond donors (Lipinski definition) is 2. The molecule has 0 atom stereocenters. The van der Waals surface area contributed by atoms with Crippen LogP contribution in [0.5, 0.6) is 0 Å². The number of rotatable bonds is 6. The van der Waals surface area contributed by atoms with E-state index in [0.717, 1.165) is 44.5 Å². The maximum absolute atomic E-state index is 12.0. The highest BCUT2D eigenvalue weighted by molar-refractivity contribution is 5.68.